The summed E-state index contributed by atoms with van der Waals surface area (Å²) in [6.07, 6.45) is 0.507. The van der Waals surface area contributed by atoms with Crippen LogP contribution in [0, 0.1) is 5.82 Å². The molecule has 1 atom stereocenters. The van der Waals surface area contributed by atoms with Crippen LogP contribution >= 0.6 is 24.0 Å². The largest absolute Gasteiger partial charge is 0.486 e. The number of nitrogens with one attached hydrogen (secondary N) is 3. The molecule has 0 saturated heterocycles. The number of hydrogen-bond acceptors (Lipinski definition) is 4. The normalized spacial score (nSPS) is 11.7. The first-order chi connectivity index (χ1) is 15.5. The summed E-state index contributed by atoms with van der Waals surface area (Å²) < 4.78 is 25.2. The Kier molecular flexibility index (Phi) is 13.9. The Balaban J connectivity index is 0.00000544. The summed E-state index contributed by atoms with van der Waals surface area (Å²) in [5.41, 5.74) is 0.949. The monoisotopic (exact) mass is 572 g/mol. The molecule has 2 aromatic carbocycles. The molecule has 0 bridgehead atoms. The van der Waals surface area contributed by atoms with E-state index >= 15 is 0 Å². The van der Waals surface area contributed by atoms with Crippen LogP contribution in [0.25, 0.3) is 0 Å². The zero-order valence-corrected chi connectivity index (χ0v) is 21.7. The Labute approximate surface area is 212 Å². The van der Waals surface area contributed by atoms with Crippen molar-refractivity contribution < 1.29 is 18.7 Å². The maximum Gasteiger partial charge on any atom is 0.257 e. The molecule has 33 heavy (non-hydrogen) atoms. The van der Waals surface area contributed by atoms with Crippen LogP contribution in [0.2, 0.25) is 0 Å². The van der Waals surface area contributed by atoms with E-state index < -0.39 is 0 Å². The molecule has 9 heteroatoms. The van der Waals surface area contributed by atoms with Crippen LogP contribution < -0.4 is 25.4 Å². The van der Waals surface area contributed by atoms with Crippen LogP contribution in [-0.2, 0) is 11.3 Å². The first-order valence-corrected chi connectivity index (χ1v) is 11.0. The second kappa shape index (κ2) is 16.1. The number of guanidine groups is 1. The van der Waals surface area contributed by atoms with Crippen LogP contribution in [-0.4, -0.2) is 44.2 Å². The van der Waals surface area contributed by atoms with Crippen molar-refractivity contribution in [3.05, 3.63) is 59.9 Å². The molecular formula is C24H34FIN4O3. The van der Waals surface area contributed by atoms with E-state index in [2.05, 4.69) is 20.9 Å². The van der Waals surface area contributed by atoms with E-state index in [1.54, 1.807) is 18.2 Å². The summed E-state index contributed by atoms with van der Waals surface area (Å²) >= 11 is 0. The number of hydrogen-bond donors (Lipinski definition) is 3. The van der Waals surface area contributed by atoms with Crippen molar-refractivity contribution in [2.45, 2.75) is 39.8 Å². The number of carbonyl (C=O) groups is 1. The molecule has 0 spiro atoms. The van der Waals surface area contributed by atoms with Crippen molar-refractivity contribution in [3.63, 3.8) is 0 Å². The fraction of sp³-hybridized carbons (Fsp3) is 0.417. The standard InChI is InChI=1S/C24H33FN4O3.HI/c1-4-19(32-22-13-8-7-12-21(22)25)16-29-24(27-6-3)28-15-18-10-9-11-20(14-18)31-17-23(30)26-5-2;/h7-14,19H,4-6,15-17H2,1-3H3,(H,26,30)(H2,27,28,29);1H. The first kappa shape index (κ1) is 28.5. The van der Waals surface area contributed by atoms with Gasteiger partial charge in [-0.1, -0.05) is 31.2 Å². The van der Waals surface area contributed by atoms with Gasteiger partial charge in [0.1, 0.15) is 11.9 Å². The van der Waals surface area contributed by atoms with Gasteiger partial charge >= 0.3 is 0 Å². The van der Waals surface area contributed by atoms with Gasteiger partial charge in [-0.2, -0.15) is 0 Å². The van der Waals surface area contributed by atoms with E-state index in [9.17, 15) is 9.18 Å². The third-order valence-corrected chi connectivity index (χ3v) is 4.49. The van der Waals surface area contributed by atoms with Gasteiger partial charge in [0.2, 0.25) is 0 Å². The van der Waals surface area contributed by atoms with Gasteiger partial charge in [0.15, 0.2) is 24.1 Å². The molecule has 1 unspecified atom stereocenters. The number of likely N-dealkylation sites (N-methyl/N-ethyl adjacent to an activating group) is 1. The zero-order chi connectivity index (χ0) is 23.2. The van der Waals surface area contributed by atoms with Crippen molar-refractivity contribution in [1.29, 1.82) is 0 Å². The second-order valence-corrected chi connectivity index (χ2v) is 7.04. The molecule has 7 nitrogen and oxygen atoms in total. The average Bonchev–Trinajstić information content (AvgIpc) is 2.80. The zero-order valence-electron chi connectivity index (χ0n) is 19.4. The van der Waals surface area contributed by atoms with Gasteiger partial charge in [0.25, 0.3) is 5.91 Å². The molecule has 0 fully saturated rings. The lowest BCUT2D eigenvalue weighted by Gasteiger charge is -2.20. The number of amides is 1. The summed E-state index contributed by atoms with van der Waals surface area (Å²) in [7, 11) is 0. The molecule has 0 aromatic heterocycles. The predicted octanol–water partition coefficient (Wildman–Crippen LogP) is 3.87. The molecule has 0 radical (unpaired) electrons. The van der Waals surface area contributed by atoms with E-state index in [1.807, 2.05) is 45.0 Å². The SMILES string of the molecule is CCNC(=O)COc1cccc(CN=C(NCC)NCC(CC)Oc2ccccc2F)c1.I. The van der Waals surface area contributed by atoms with Gasteiger partial charge in [0, 0.05) is 13.1 Å². The average molecular weight is 572 g/mol. The van der Waals surface area contributed by atoms with Crippen LogP contribution in [0.1, 0.15) is 32.8 Å². The lowest BCUT2D eigenvalue weighted by Crippen LogP contribution is -2.42. The van der Waals surface area contributed by atoms with Gasteiger partial charge < -0.3 is 25.4 Å². The first-order valence-electron chi connectivity index (χ1n) is 11.0. The molecule has 0 heterocycles. The minimum Gasteiger partial charge on any atom is -0.486 e. The van der Waals surface area contributed by atoms with Gasteiger partial charge in [-0.05, 0) is 50.1 Å². The second-order valence-electron chi connectivity index (χ2n) is 7.04. The van der Waals surface area contributed by atoms with Gasteiger partial charge in [-0.25, -0.2) is 9.38 Å². The van der Waals surface area contributed by atoms with Crippen molar-refractivity contribution in [2.24, 2.45) is 4.99 Å². The van der Waals surface area contributed by atoms with E-state index in [1.165, 1.54) is 6.07 Å². The number of aliphatic imine (C=N–C) groups is 1. The van der Waals surface area contributed by atoms with E-state index in [4.69, 9.17) is 9.47 Å². The third kappa shape index (κ3) is 10.7. The van der Waals surface area contributed by atoms with E-state index in [0.29, 0.717) is 44.3 Å². The molecule has 2 rings (SSSR count). The van der Waals surface area contributed by atoms with Crippen LogP contribution in [0.15, 0.2) is 53.5 Å². The molecule has 3 N–H and O–H groups in total. The number of para-hydroxylation sites is 1. The lowest BCUT2D eigenvalue weighted by molar-refractivity contribution is -0.122. The minimum absolute atomic E-state index is 0. The van der Waals surface area contributed by atoms with Crippen LogP contribution in [0.4, 0.5) is 4.39 Å². The highest BCUT2D eigenvalue weighted by molar-refractivity contribution is 14.0. The molecule has 2 aromatic rings. The number of halogens is 2. The van der Waals surface area contributed by atoms with Gasteiger partial charge in [-0.3, -0.25) is 4.79 Å². The Morgan fingerprint density at radius 1 is 1.03 bits per heavy atom. The Morgan fingerprint density at radius 2 is 1.79 bits per heavy atom. The molecule has 0 saturated carbocycles. The molecule has 182 valence electrons. The van der Waals surface area contributed by atoms with Crippen molar-refractivity contribution in [3.8, 4) is 11.5 Å². The molecule has 0 aliphatic carbocycles. The molecule has 1 amide bonds. The van der Waals surface area contributed by atoms with E-state index in [-0.39, 0.29) is 54.2 Å². The van der Waals surface area contributed by atoms with E-state index in [0.717, 1.165) is 5.56 Å². The van der Waals surface area contributed by atoms with Gasteiger partial charge in [-0.15, -0.1) is 24.0 Å². The summed E-state index contributed by atoms with van der Waals surface area (Å²) in [5, 5.41) is 9.16. The highest BCUT2D eigenvalue weighted by atomic mass is 127. The van der Waals surface area contributed by atoms with Crippen molar-refractivity contribution in [2.75, 3.05) is 26.2 Å². The third-order valence-electron chi connectivity index (χ3n) is 4.49. The number of carbonyl (C=O) groups excluding carboxylic acids is 1. The Hall–Kier alpha value is -2.56. The van der Waals surface area contributed by atoms with Gasteiger partial charge in [0.05, 0.1) is 13.1 Å². The van der Waals surface area contributed by atoms with Crippen molar-refractivity contribution >= 4 is 35.8 Å². The Bertz CT molecular complexity index is 882. The molecule has 0 aliphatic heterocycles. The fourth-order valence-corrected chi connectivity index (χ4v) is 2.84. The molecule has 0 aliphatic rings. The molecular weight excluding hydrogens is 538 g/mol. The summed E-state index contributed by atoms with van der Waals surface area (Å²) in [4.78, 5) is 16.2. The van der Waals surface area contributed by atoms with Crippen LogP contribution in [0.3, 0.4) is 0 Å². The lowest BCUT2D eigenvalue weighted by atomic mass is 10.2. The number of rotatable bonds is 12. The van der Waals surface area contributed by atoms with Crippen molar-refractivity contribution in [1.82, 2.24) is 16.0 Å². The highest BCUT2D eigenvalue weighted by Crippen LogP contribution is 2.18. The summed E-state index contributed by atoms with van der Waals surface area (Å²) in [6, 6.07) is 13.9. The summed E-state index contributed by atoms with van der Waals surface area (Å²) in [5.74, 6) is 0.967. The van der Waals surface area contributed by atoms with Crippen LogP contribution in [0.5, 0.6) is 11.5 Å². The summed E-state index contributed by atoms with van der Waals surface area (Å²) in [6.45, 7) is 8.00. The maximum absolute atomic E-state index is 13.9. The minimum atomic E-state index is -0.374. The number of nitrogens with zero attached hydrogens (tertiary/aromatic N) is 1. The topological polar surface area (TPSA) is 84.0 Å². The highest BCUT2D eigenvalue weighted by Gasteiger charge is 2.12. The smallest absolute Gasteiger partial charge is 0.257 e. The predicted molar refractivity (Wildman–Crippen MR) is 140 cm³/mol. The quantitative estimate of drug-likeness (QED) is 0.205. The number of ether oxygens (including phenoxy) is 2. The number of benzene rings is 2. The fourth-order valence-electron chi connectivity index (χ4n) is 2.84. The maximum atomic E-state index is 13.9. The Morgan fingerprint density at radius 3 is 2.48 bits per heavy atom.